The average Bonchev–Trinajstić information content (AvgIpc) is 2.67. The molecule has 84 valence electrons. The van der Waals surface area contributed by atoms with Crippen molar-refractivity contribution in [2.75, 3.05) is 7.05 Å². The van der Waals surface area contributed by atoms with Crippen LogP contribution in [-0.4, -0.2) is 7.05 Å². The fraction of sp³-hybridized carbons (Fsp3) is 0.231. The number of halogens is 1. The number of benzene rings is 1. The molecule has 0 aliphatic rings. The third-order valence-electron chi connectivity index (χ3n) is 2.68. The number of furan rings is 1. The van der Waals surface area contributed by atoms with E-state index in [1.807, 2.05) is 38.2 Å². The van der Waals surface area contributed by atoms with Crippen LogP contribution in [0.5, 0.6) is 0 Å². The van der Waals surface area contributed by atoms with Crippen LogP contribution in [0, 0.1) is 6.92 Å². The first-order chi connectivity index (χ1) is 7.72. The molecule has 1 unspecified atom stereocenters. The summed E-state index contributed by atoms with van der Waals surface area (Å²) in [5, 5.41) is 4.02. The van der Waals surface area contributed by atoms with Crippen LogP contribution in [0.4, 0.5) is 0 Å². The third-order valence-corrected chi connectivity index (χ3v) is 2.92. The summed E-state index contributed by atoms with van der Waals surface area (Å²) in [5.41, 5.74) is 2.28. The van der Waals surface area contributed by atoms with Crippen molar-refractivity contribution >= 4 is 11.6 Å². The number of nitrogens with one attached hydrogen (secondary N) is 1. The second-order valence-corrected chi connectivity index (χ2v) is 4.15. The van der Waals surface area contributed by atoms with Crippen LogP contribution in [-0.2, 0) is 0 Å². The van der Waals surface area contributed by atoms with Gasteiger partial charge in [-0.1, -0.05) is 23.7 Å². The van der Waals surface area contributed by atoms with Gasteiger partial charge in [-0.2, -0.15) is 0 Å². The first-order valence-corrected chi connectivity index (χ1v) is 5.57. The highest BCUT2D eigenvalue weighted by Crippen LogP contribution is 2.26. The lowest BCUT2D eigenvalue weighted by molar-refractivity contribution is 0.523. The number of hydrogen-bond donors (Lipinski definition) is 1. The van der Waals surface area contributed by atoms with Gasteiger partial charge in [-0.3, -0.25) is 0 Å². The molecule has 0 amide bonds. The van der Waals surface area contributed by atoms with E-state index in [1.165, 1.54) is 0 Å². The zero-order valence-electron chi connectivity index (χ0n) is 9.33. The molecule has 2 rings (SSSR count). The summed E-state index contributed by atoms with van der Waals surface area (Å²) in [6, 6.07) is 9.96. The zero-order valence-corrected chi connectivity index (χ0v) is 10.1. The van der Waals surface area contributed by atoms with Crippen LogP contribution in [0.15, 0.2) is 41.0 Å². The summed E-state index contributed by atoms with van der Waals surface area (Å²) in [7, 11) is 1.93. The van der Waals surface area contributed by atoms with Gasteiger partial charge < -0.3 is 9.73 Å². The zero-order chi connectivity index (χ0) is 11.5. The summed E-state index contributed by atoms with van der Waals surface area (Å²) >= 11 is 6.00. The maximum atomic E-state index is 6.00. The highest BCUT2D eigenvalue weighted by atomic mass is 35.5. The monoisotopic (exact) mass is 235 g/mol. The second kappa shape index (κ2) is 4.73. The van der Waals surface area contributed by atoms with Gasteiger partial charge in [-0.25, -0.2) is 0 Å². The summed E-state index contributed by atoms with van der Waals surface area (Å²) < 4.78 is 5.33. The molecule has 3 heteroatoms. The smallest absolute Gasteiger partial charge is 0.105 e. The molecule has 1 heterocycles. The molecule has 0 aliphatic heterocycles. The van der Waals surface area contributed by atoms with Crippen molar-refractivity contribution in [3.05, 3.63) is 58.5 Å². The van der Waals surface area contributed by atoms with Gasteiger partial charge in [0.05, 0.1) is 12.3 Å². The molecule has 1 aromatic carbocycles. The van der Waals surface area contributed by atoms with Crippen molar-refractivity contribution in [2.24, 2.45) is 0 Å². The lowest BCUT2D eigenvalue weighted by atomic mass is 9.99. The van der Waals surface area contributed by atoms with Gasteiger partial charge in [0.2, 0.25) is 0 Å². The Bertz CT molecular complexity index is 478. The molecule has 0 radical (unpaired) electrons. The number of hydrogen-bond acceptors (Lipinski definition) is 2. The first-order valence-electron chi connectivity index (χ1n) is 5.19. The Labute approximate surface area is 100 Å². The van der Waals surface area contributed by atoms with Crippen LogP contribution in [0.1, 0.15) is 22.9 Å². The van der Waals surface area contributed by atoms with Gasteiger partial charge in [0.15, 0.2) is 0 Å². The number of rotatable bonds is 3. The average molecular weight is 236 g/mol. The minimum absolute atomic E-state index is 0.123. The minimum Gasteiger partial charge on any atom is -0.469 e. The Morgan fingerprint density at radius 3 is 2.69 bits per heavy atom. The molecule has 2 aromatic rings. The SMILES string of the molecule is CNC(c1cccc(Cl)c1)c1ccoc1C. The van der Waals surface area contributed by atoms with Crippen LogP contribution in [0.2, 0.25) is 5.02 Å². The van der Waals surface area contributed by atoms with Gasteiger partial charge in [0.25, 0.3) is 0 Å². The van der Waals surface area contributed by atoms with Gasteiger partial charge in [-0.05, 0) is 37.7 Å². The van der Waals surface area contributed by atoms with Crippen LogP contribution >= 0.6 is 11.6 Å². The Hall–Kier alpha value is -1.25. The fourth-order valence-corrected chi connectivity index (χ4v) is 2.08. The molecular weight excluding hydrogens is 222 g/mol. The van der Waals surface area contributed by atoms with E-state index < -0.39 is 0 Å². The topological polar surface area (TPSA) is 25.2 Å². The van der Waals surface area contributed by atoms with E-state index in [0.29, 0.717) is 0 Å². The fourth-order valence-electron chi connectivity index (χ4n) is 1.88. The van der Waals surface area contributed by atoms with Crippen molar-refractivity contribution < 1.29 is 4.42 Å². The van der Waals surface area contributed by atoms with Crippen molar-refractivity contribution in [3.8, 4) is 0 Å². The Kier molecular flexibility index (Phi) is 3.32. The quantitative estimate of drug-likeness (QED) is 0.880. The van der Waals surface area contributed by atoms with E-state index in [1.54, 1.807) is 6.26 Å². The summed E-state index contributed by atoms with van der Waals surface area (Å²) in [6.07, 6.45) is 1.71. The lowest BCUT2D eigenvalue weighted by Crippen LogP contribution is -2.17. The lowest BCUT2D eigenvalue weighted by Gasteiger charge is -2.16. The molecule has 0 saturated heterocycles. The molecule has 16 heavy (non-hydrogen) atoms. The highest BCUT2D eigenvalue weighted by molar-refractivity contribution is 6.30. The van der Waals surface area contributed by atoms with Crippen LogP contribution in [0.3, 0.4) is 0 Å². The van der Waals surface area contributed by atoms with Crippen molar-refractivity contribution in [3.63, 3.8) is 0 Å². The van der Waals surface area contributed by atoms with E-state index in [-0.39, 0.29) is 6.04 Å². The van der Waals surface area contributed by atoms with E-state index in [4.69, 9.17) is 16.0 Å². The van der Waals surface area contributed by atoms with E-state index >= 15 is 0 Å². The summed E-state index contributed by atoms with van der Waals surface area (Å²) in [4.78, 5) is 0. The standard InChI is InChI=1S/C13H14ClNO/c1-9-12(6-7-16-9)13(15-2)10-4-3-5-11(14)8-10/h3-8,13,15H,1-2H3. The Balaban J connectivity index is 2.40. The van der Waals surface area contributed by atoms with E-state index in [9.17, 15) is 0 Å². The third kappa shape index (κ3) is 2.13. The van der Waals surface area contributed by atoms with Crippen molar-refractivity contribution in [1.29, 1.82) is 0 Å². The highest BCUT2D eigenvalue weighted by Gasteiger charge is 2.15. The Morgan fingerprint density at radius 1 is 1.31 bits per heavy atom. The molecule has 0 aliphatic carbocycles. The molecule has 0 saturated carbocycles. The van der Waals surface area contributed by atoms with E-state index in [2.05, 4.69) is 11.4 Å². The molecular formula is C13H14ClNO. The predicted molar refractivity (Wildman–Crippen MR) is 65.8 cm³/mol. The van der Waals surface area contributed by atoms with Crippen LogP contribution < -0.4 is 5.32 Å². The molecule has 0 spiro atoms. The van der Waals surface area contributed by atoms with Crippen LogP contribution in [0.25, 0.3) is 0 Å². The maximum Gasteiger partial charge on any atom is 0.105 e. The minimum atomic E-state index is 0.123. The number of aryl methyl sites for hydroxylation is 1. The van der Waals surface area contributed by atoms with Gasteiger partial charge in [0, 0.05) is 10.6 Å². The molecule has 1 aromatic heterocycles. The van der Waals surface area contributed by atoms with Crippen molar-refractivity contribution in [1.82, 2.24) is 5.32 Å². The molecule has 2 nitrogen and oxygen atoms in total. The molecule has 1 N–H and O–H groups in total. The predicted octanol–water partition coefficient (Wildman–Crippen LogP) is 3.55. The van der Waals surface area contributed by atoms with Gasteiger partial charge in [0.1, 0.15) is 5.76 Å². The van der Waals surface area contributed by atoms with E-state index in [0.717, 1.165) is 21.9 Å². The normalized spacial score (nSPS) is 12.7. The van der Waals surface area contributed by atoms with Gasteiger partial charge >= 0.3 is 0 Å². The summed E-state index contributed by atoms with van der Waals surface area (Å²) in [5.74, 6) is 0.930. The molecule has 0 fully saturated rings. The second-order valence-electron chi connectivity index (χ2n) is 3.71. The molecule has 1 atom stereocenters. The van der Waals surface area contributed by atoms with Gasteiger partial charge in [-0.15, -0.1) is 0 Å². The molecule has 0 bridgehead atoms. The van der Waals surface area contributed by atoms with Crippen molar-refractivity contribution in [2.45, 2.75) is 13.0 Å². The Morgan fingerprint density at radius 2 is 2.12 bits per heavy atom. The summed E-state index contributed by atoms with van der Waals surface area (Å²) in [6.45, 7) is 1.96. The first kappa shape index (κ1) is 11.2. The largest absolute Gasteiger partial charge is 0.469 e. The maximum absolute atomic E-state index is 6.00.